The molecule has 1 fully saturated rings. The van der Waals surface area contributed by atoms with E-state index in [2.05, 4.69) is 22.1 Å². The summed E-state index contributed by atoms with van der Waals surface area (Å²) in [4.78, 5) is 0. The molecular weight excluding hydrogens is 238 g/mol. The zero-order valence-electron chi connectivity index (χ0n) is 9.62. The van der Waals surface area contributed by atoms with Crippen molar-refractivity contribution in [3.63, 3.8) is 0 Å². The average molecular weight is 258 g/mol. The standard InChI is InChI=1S/C13H20ClNS/c14-13-4-2-1-3-12(13)9-15-7-5-11-6-8-16-10-11/h6,8,10,12-13,15H,1-5,7,9H2. The molecule has 2 atom stereocenters. The lowest BCUT2D eigenvalue weighted by Crippen LogP contribution is -2.32. The van der Waals surface area contributed by atoms with Crippen LogP contribution >= 0.6 is 22.9 Å². The summed E-state index contributed by atoms with van der Waals surface area (Å²) in [5.41, 5.74) is 1.45. The molecule has 0 bridgehead atoms. The van der Waals surface area contributed by atoms with Gasteiger partial charge < -0.3 is 5.32 Å². The minimum Gasteiger partial charge on any atom is -0.316 e. The largest absolute Gasteiger partial charge is 0.316 e. The van der Waals surface area contributed by atoms with Crippen molar-refractivity contribution in [2.45, 2.75) is 37.5 Å². The topological polar surface area (TPSA) is 12.0 Å². The molecule has 1 aromatic heterocycles. The van der Waals surface area contributed by atoms with Gasteiger partial charge in [-0.05, 0) is 60.7 Å². The molecule has 1 N–H and O–H groups in total. The van der Waals surface area contributed by atoms with Crippen molar-refractivity contribution in [2.24, 2.45) is 5.92 Å². The van der Waals surface area contributed by atoms with Gasteiger partial charge in [-0.2, -0.15) is 11.3 Å². The second-order valence-corrected chi connectivity index (χ2v) is 5.99. The molecule has 1 saturated carbocycles. The second-order valence-electron chi connectivity index (χ2n) is 4.65. The minimum atomic E-state index is 0.405. The maximum absolute atomic E-state index is 6.32. The van der Waals surface area contributed by atoms with E-state index in [1.807, 2.05) is 0 Å². The normalized spacial score (nSPS) is 25.8. The van der Waals surface area contributed by atoms with E-state index in [-0.39, 0.29) is 0 Å². The van der Waals surface area contributed by atoms with E-state index in [1.54, 1.807) is 11.3 Å². The van der Waals surface area contributed by atoms with Crippen molar-refractivity contribution >= 4 is 22.9 Å². The highest BCUT2D eigenvalue weighted by Crippen LogP contribution is 2.27. The predicted octanol–water partition coefficient (Wildman–Crippen LogP) is 3.68. The maximum Gasteiger partial charge on any atom is 0.0376 e. The molecule has 0 aromatic carbocycles. The molecule has 1 heterocycles. The summed E-state index contributed by atoms with van der Waals surface area (Å²) in [7, 11) is 0. The van der Waals surface area contributed by atoms with Crippen LogP contribution in [0, 0.1) is 5.92 Å². The molecule has 2 rings (SSSR count). The van der Waals surface area contributed by atoms with Crippen molar-refractivity contribution in [3.05, 3.63) is 22.4 Å². The number of halogens is 1. The molecule has 90 valence electrons. The molecule has 0 saturated heterocycles. The number of thiophene rings is 1. The molecule has 1 aliphatic carbocycles. The van der Waals surface area contributed by atoms with E-state index in [0.717, 1.165) is 19.5 Å². The summed E-state index contributed by atoms with van der Waals surface area (Å²) >= 11 is 8.10. The van der Waals surface area contributed by atoms with Crippen LogP contribution in [-0.2, 0) is 6.42 Å². The molecule has 1 nitrogen and oxygen atoms in total. The lowest BCUT2D eigenvalue weighted by Gasteiger charge is -2.27. The first-order chi connectivity index (χ1) is 7.86. The van der Waals surface area contributed by atoms with Crippen LogP contribution in [0.15, 0.2) is 16.8 Å². The molecule has 2 unspecified atom stereocenters. The summed E-state index contributed by atoms with van der Waals surface area (Å²) < 4.78 is 0. The molecule has 0 spiro atoms. The fraction of sp³-hybridized carbons (Fsp3) is 0.692. The van der Waals surface area contributed by atoms with Gasteiger partial charge >= 0.3 is 0 Å². The Bertz CT molecular complexity index is 286. The number of hydrogen-bond donors (Lipinski definition) is 1. The van der Waals surface area contributed by atoms with Crippen LogP contribution in [0.3, 0.4) is 0 Å². The fourth-order valence-electron chi connectivity index (χ4n) is 2.35. The molecule has 1 aliphatic rings. The Morgan fingerprint density at radius 1 is 1.38 bits per heavy atom. The third-order valence-electron chi connectivity index (χ3n) is 3.39. The van der Waals surface area contributed by atoms with Crippen LogP contribution in [0.4, 0.5) is 0 Å². The van der Waals surface area contributed by atoms with Crippen LogP contribution < -0.4 is 5.32 Å². The second kappa shape index (κ2) is 6.63. The highest BCUT2D eigenvalue weighted by atomic mass is 35.5. The summed E-state index contributed by atoms with van der Waals surface area (Å²) in [5.74, 6) is 0.692. The Morgan fingerprint density at radius 3 is 3.00 bits per heavy atom. The summed E-state index contributed by atoms with van der Waals surface area (Å²) in [6.07, 6.45) is 6.33. The number of hydrogen-bond acceptors (Lipinski definition) is 2. The van der Waals surface area contributed by atoms with Crippen LogP contribution in [0.1, 0.15) is 31.2 Å². The van der Waals surface area contributed by atoms with E-state index in [0.29, 0.717) is 11.3 Å². The Labute approximate surface area is 107 Å². The third-order valence-corrected chi connectivity index (χ3v) is 4.70. The van der Waals surface area contributed by atoms with Crippen molar-refractivity contribution in [3.8, 4) is 0 Å². The Hall–Kier alpha value is -0.0500. The van der Waals surface area contributed by atoms with E-state index in [9.17, 15) is 0 Å². The van der Waals surface area contributed by atoms with Gasteiger partial charge in [0.2, 0.25) is 0 Å². The van der Waals surface area contributed by atoms with Gasteiger partial charge in [-0.15, -0.1) is 11.6 Å². The average Bonchev–Trinajstić information content (AvgIpc) is 2.79. The van der Waals surface area contributed by atoms with Crippen LogP contribution in [-0.4, -0.2) is 18.5 Å². The maximum atomic E-state index is 6.32. The highest BCUT2D eigenvalue weighted by Gasteiger charge is 2.22. The zero-order valence-corrected chi connectivity index (χ0v) is 11.2. The minimum absolute atomic E-state index is 0.405. The van der Waals surface area contributed by atoms with Crippen molar-refractivity contribution in [1.82, 2.24) is 5.32 Å². The number of alkyl halides is 1. The molecule has 3 heteroatoms. The van der Waals surface area contributed by atoms with Crippen LogP contribution in [0.5, 0.6) is 0 Å². The molecule has 0 amide bonds. The predicted molar refractivity (Wildman–Crippen MR) is 72.5 cm³/mol. The van der Waals surface area contributed by atoms with Crippen LogP contribution in [0.25, 0.3) is 0 Å². The van der Waals surface area contributed by atoms with E-state index in [1.165, 1.54) is 31.2 Å². The first kappa shape index (κ1) is 12.4. The van der Waals surface area contributed by atoms with E-state index in [4.69, 9.17) is 11.6 Å². The lowest BCUT2D eigenvalue weighted by molar-refractivity contribution is 0.350. The van der Waals surface area contributed by atoms with Gasteiger partial charge in [0, 0.05) is 5.38 Å². The Balaban J connectivity index is 1.60. The number of rotatable bonds is 5. The van der Waals surface area contributed by atoms with Gasteiger partial charge in [-0.3, -0.25) is 0 Å². The van der Waals surface area contributed by atoms with Gasteiger partial charge in [-0.25, -0.2) is 0 Å². The van der Waals surface area contributed by atoms with Crippen molar-refractivity contribution in [1.29, 1.82) is 0 Å². The summed E-state index contributed by atoms with van der Waals surface area (Å²) in [6.45, 7) is 2.18. The smallest absolute Gasteiger partial charge is 0.0376 e. The zero-order chi connectivity index (χ0) is 11.2. The highest BCUT2D eigenvalue weighted by molar-refractivity contribution is 7.07. The first-order valence-electron chi connectivity index (χ1n) is 6.22. The van der Waals surface area contributed by atoms with Crippen LogP contribution in [0.2, 0.25) is 0 Å². The lowest BCUT2D eigenvalue weighted by atomic mass is 9.89. The van der Waals surface area contributed by atoms with Gasteiger partial charge in [0.05, 0.1) is 0 Å². The van der Waals surface area contributed by atoms with Crippen molar-refractivity contribution < 1.29 is 0 Å². The molecular formula is C13H20ClNS. The quantitative estimate of drug-likeness (QED) is 0.627. The third kappa shape index (κ3) is 3.76. The van der Waals surface area contributed by atoms with E-state index >= 15 is 0 Å². The molecule has 16 heavy (non-hydrogen) atoms. The first-order valence-corrected chi connectivity index (χ1v) is 7.60. The fourth-order valence-corrected chi connectivity index (χ4v) is 3.42. The van der Waals surface area contributed by atoms with Gasteiger partial charge in [-0.1, -0.05) is 12.8 Å². The van der Waals surface area contributed by atoms with E-state index < -0.39 is 0 Å². The van der Waals surface area contributed by atoms with Gasteiger partial charge in [0.1, 0.15) is 0 Å². The number of nitrogens with one attached hydrogen (secondary N) is 1. The Kier molecular flexibility index (Phi) is 5.14. The molecule has 1 aromatic rings. The monoisotopic (exact) mass is 257 g/mol. The van der Waals surface area contributed by atoms with Gasteiger partial charge in [0.15, 0.2) is 0 Å². The van der Waals surface area contributed by atoms with Gasteiger partial charge in [0.25, 0.3) is 0 Å². The van der Waals surface area contributed by atoms with Crippen molar-refractivity contribution in [2.75, 3.05) is 13.1 Å². The molecule has 0 radical (unpaired) electrons. The molecule has 0 aliphatic heterocycles. The Morgan fingerprint density at radius 2 is 2.25 bits per heavy atom. The summed E-state index contributed by atoms with van der Waals surface area (Å²) in [5, 5.41) is 8.32. The SMILES string of the molecule is ClC1CCCCC1CNCCc1ccsc1. The summed E-state index contributed by atoms with van der Waals surface area (Å²) in [6, 6.07) is 2.21.